The SMILES string of the molecule is Cc1ccccc1NC(=O)COC(=O)[C@@H](C(C)C)N1C(=O)[C@H]2[C@@H]3CC[C@@H](C3)[C@@H]2C1=O. The number of nitrogens with zero attached hydrogens (tertiary/aromatic N) is 1. The van der Waals surface area contributed by atoms with Crippen LogP contribution in [0.1, 0.15) is 38.7 Å². The van der Waals surface area contributed by atoms with E-state index in [1.165, 1.54) is 0 Å². The van der Waals surface area contributed by atoms with Crippen molar-refractivity contribution in [3.63, 3.8) is 0 Å². The maximum absolute atomic E-state index is 13.1. The van der Waals surface area contributed by atoms with E-state index in [0.717, 1.165) is 29.7 Å². The number of hydrogen-bond donors (Lipinski definition) is 1. The van der Waals surface area contributed by atoms with Gasteiger partial charge in [0.15, 0.2) is 6.61 Å². The fraction of sp³-hybridized carbons (Fsp3) is 0.565. The molecule has 0 aromatic heterocycles. The monoisotopic (exact) mass is 412 g/mol. The Balaban J connectivity index is 1.42. The van der Waals surface area contributed by atoms with E-state index >= 15 is 0 Å². The Morgan fingerprint density at radius 1 is 1.10 bits per heavy atom. The van der Waals surface area contributed by atoms with Gasteiger partial charge in [0, 0.05) is 5.69 Å². The van der Waals surface area contributed by atoms with E-state index in [4.69, 9.17) is 4.74 Å². The average molecular weight is 412 g/mol. The minimum atomic E-state index is -0.999. The molecule has 1 saturated heterocycles. The highest BCUT2D eigenvalue weighted by molar-refractivity contribution is 6.08. The van der Waals surface area contributed by atoms with Crippen LogP contribution >= 0.6 is 0 Å². The van der Waals surface area contributed by atoms with Crippen molar-refractivity contribution in [2.75, 3.05) is 11.9 Å². The number of aryl methyl sites for hydroxylation is 1. The highest BCUT2D eigenvalue weighted by Crippen LogP contribution is 2.56. The number of carbonyl (C=O) groups is 4. The van der Waals surface area contributed by atoms with Crippen LogP contribution in [-0.4, -0.2) is 41.2 Å². The van der Waals surface area contributed by atoms with Gasteiger partial charge in [-0.25, -0.2) is 4.79 Å². The number of para-hydroxylation sites is 1. The van der Waals surface area contributed by atoms with Crippen LogP contribution in [0.2, 0.25) is 0 Å². The van der Waals surface area contributed by atoms with Crippen molar-refractivity contribution in [3.05, 3.63) is 29.8 Å². The van der Waals surface area contributed by atoms with Crippen LogP contribution in [0.25, 0.3) is 0 Å². The second kappa shape index (κ2) is 7.85. The lowest BCUT2D eigenvalue weighted by atomic mass is 9.81. The fourth-order valence-corrected chi connectivity index (χ4v) is 5.50. The van der Waals surface area contributed by atoms with Gasteiger partial charge in [0.25, 0.3) is 5.91 Å². The molecule has 3 aliphatic rings. The molecule has 160 valence electrons. The molecule has 2 bridgehead atoms. The molecule has 1 aliphatic heterocycles. The van der Waals surface area contributed by atoms with Gasteiger partial charge in [0.1, 0.15) is 6.04 Å². The average Bonchev–Trinajstić information content (AvgIpc) is 3.38. The number of amides is 3. The number of anilines is 1. The summed E-state index contributed by atoms with van der Waals surface area (Å²) in [5.41, 5.74) is 1.54. The molecule has 0 radical (unpaired) electrons. The Hall–Kier alpha value is -2.70. The molecular formula is C23H28N2O5. The number of benzene rings is 1. The van der Waals surface area contributed by atoms with E-state index in [1.54, 1.807) is 26.0 Å². The smallest absolute Gasteiger partial charge is 0.330 e. The van der Waals surface area contributed by atoms with Crippen LogP contribution in [0.3, 0.4) is 0 Å². The molecule has 2 aliphatic carbocycles. The summed E-state index contributed by atoms with van der Waals surface area (Å²) < 4.78 is 5.24. The van der Waals surface area contributed by atoms with Crippen molar-refractivity contribution in [1.82, 2.24) is 4.90 Å². The molecule has 1 aromatic rings. The number of hydrogen-bond acceptors (Lipinski definition) is 5. The summed E-state index contributed by atoms with van der Waals surface area (Å²) in [6.07, 6.45) is 2.90. The van der Waals surface area contributed by atoms with Gasteiger partial charge >= 0.3 is 5.97 Å². The normalized spacial score (nSPS) is 28.1. The number of nitrogens with one attached hydrogen (secondary N) is 1. The number of rotatable bonds is 6. The molecule has 0 spiro atoms. The summed E-state index contributed by atoms with van der Waals surface area (Å²) in [7, 11) is 0. The van der Waals surface area contributed by atoms with Gasteiger partial charge in [-0.15, -0.1) is 0 Å². The summed E-state index contributed by atoms with van der Waals surface area (Å²) in [6, 6.07) is 6.30. The van der Waals surface area contributed by atoms with Crippen LogP contribution in [0.15, 0.2) is 24.3 Å². The summed E-state index contributed by atoms with van der Waals surface area (Å²) in [6.45, 7) is 4.96. The van der Waals surface area contributed by atoms with Crippen LogP contribution in [-0.2, 0) is 23.9 Å². The van der Waals surface area contributed by atoms with E-state index in [2.05, 4.69) is 5.32 Å². The Labute approximate surface area is 176 Å². The second-order valence-electron chi connectivity index (χ2n) is 9.09. The van der Waals surface area contributed by atoms with Gasteiger partial charge in [-0.1, -0.05) is 32.0 Å². The third-order valence-electron chi connectivity index (χ3n) is 6.88. The van der Waals surface area contributed by atoms with E-state index in [0.29, 0.717) is 5.69 Å². The maximum atomic E-state index is 13.1. The Morgan fingerprint density at radius 3 is 2.27 bits per heavy atom. The predicted molar refractivity (Wildman–Crippen MR) is 109 cm³/mol. The van der Waals surface area contributed by atoms with Crippen molar-refractivity contribution in [1.29, 1.82) is 0 Å². The number of carbonyl (C=O) groups excluding carboxylic acids is 4. The van der Waals surface area contributed by atoms with Crippen LogP contribution in [0.5, 0.6) is 0 Å². The predicted octanol–water partition coefficient (Wildman–Crippen LogP) is 2.53. The van der Waals surface area contributed by atoms with Crippen LogP contribution in [0.4, 0.5) is 5.69 Å². The topological polar surface area (TPSA) is 92.8 Å². The summed E-state index contributed by atoms with van der Waals surface area (Å²) in [5, 5.41) is 2.71. The lowest BCUT2D eigenvalue weighted by Crippen LogP contribution is -2.50. The summed E-state index contributed by atoms with van der Waals surface area (Å²) >= 11 is 0. The maximum Gasteiger partial charge on any atom is 0.330 e. The van der Waals surface area contributed by atoms with Gasteiger partial charge in [-0.2, -0.15) is 0 Å². The Morgan fingerprint density at radius 2 is 1.70 bits per heavy atom. The molecule has 2 saturated carbocycles. The zero-order chi connectivity index (χ0) is 21.6. The largest absolute Gasteiger partial charge is 0.454 e. The van der Waals surface area contributed by atoms with Crippen LogP contribution < -0.4 is 5.32 Å². The third kappa shape index (κ3) is 3.40. The van der Waals surface area contributed by atoms with E-state index in [9.17, 15) is 19.2 Å². The lowest BCUT2D eigenvalue weighted by Gasteiger charge is -2.28. The molecule has 4 rings (SSSR count). The van der Waals surface area contributed by atoms with E-state index in [-0.39, 0.29) is 41.4 Å². The van der Waals surface area contributed by atoms with Gasteiger partial charge in [-0.05, 0) is 55.6 Å². The number of imide groups is 1. The number of likely N-dealkylation sites (tertiary alicyclic amines) is 1. The second-order valence-corrected chi connectivity index (χ2v) is 9.09. The molecule has 1 heterocycles. The molecule has 30 heavy (non-hydrogen) atoms. The Bertz CT molecular complexity index is 867. The number of ether oxygens (including phenoxy) is 1. The first-order valence-electron chi connectivity index (χ1n) is 10.7. The van der Waals surface area contributed by atoms with Crippen molar-refractivity contribution in [3.8, 4) is 0 Å². The van der Waals surface area contributed by atoms with Gasteiger partial charge < -0.3 is 10.1 Å². The minimum absolute atomic E-state index is 0.239. The fourth-order valence-electron chi connectivity index (χ4n) is 5.50. The van der Waals surface area contributed by atoms with Gasteiger partial charge in [0.2, 0.25) is 11.8 Å². The molecule has 0 unspecified atom stereocenters. The molecule has 7 nitrogen and oxygen atoms in total. The zero-order valence-electron chi connectivity index (χ0n) is 17.6. The molecule has 5 atom stereocenters. The molecular weight excluding hydrogens is 384 g/mol. The van der Waals surface area contributed by atoms with Gasteiger partial charge in [0.05, 0.1) is 11.8 Å². The van der Waals surface area contributed by atoms with Crippen LogP contribution in [0, 0.1) is 36.5 Å². The van der Waals surface area contributed by atoms with Crippen molar-refractivity contribution < 1.29 is 23.9 Å². The molecule has 7 heteroatoms. The number of esters is 1. The molecule has 3 amide bonds. The van der Waals surface area contributed by atoms with Crippen molar-refractivity contribution in [2.45, 2.75) is 46.1 Å². The van der Waals surface area contributed by atoms with Crippen molar-refractivity contribution in [2.24, 2.45) is 29.6 Å². The van der Waals surface area contributed by atoms with E-state index in [1.807, 2.05) is 19.1 Å². The third-order valence-corrected chi connectivity index (χ3v) is 6.88. The molecule has 1 aromatic carbocycles. The first kappa shape index (κ1) is 20.6. The Kier molecular flexibility index (Phi) is 5.38. The lowest BCUT2D eigenvalue weighted by molar-refractivity contribution is -0.162. The minimum Gasteiger partial charge on any atom is -0.454 e. The molecule has 1 N–H and O–H groups in total. The summed E-state index contributed by atoms with van der Waals surface area (Å²) in [5.74, 6) is -2.01. The zero-order valence-corrected chi connectivity index (χ0v) is 17.6. The van der Waals surface area contributed by atoms with Gasteiger partial charge in [-0.3, -0.25) is 19.3 Å². The molecule has 3 fully saturated rings. The highest BCUT2D eigenvalue weighted by atomic mass is 16.5. The standard InChI is InChI=1S/C23H28N2O5/c1-12(2)20(23(29)30-11-17(26)24-16-7-5-4-6-13(16)3)25-21(27)18-14-8-9-15(10-14)19(18)22(25)28/h4-7,12,14-15,18-20H,8-11H2,1-3H3,(H,24,26)/t14-,15+,18-,19-,20+/m0/s1. The van der Waals surface area contributed by atoms with Crippen molar-refractivity contribution >= 4 is 29.4 Å². The van der Waals surface area contributed by atoms with E-state index < -0.39 is 24.5 Å². The highest BCUT2D eigenvalue weighted by Gasteiger charge is 2.62. The summed E-state index contributed by atoms with van der Waals surface area (Å²) in [4.78, 5) is 52.4. The quantitative estimate of drug-likeness (QED) is 0.573. The first-order valence-corrected chi connectivity index (χ1v) is 10.7. The first-order chi connectivity index (χ1) is 14.3. The number of fused-ring (bicyclic) bond motifs is 5.